The highest BCUT2D eigenvalue weighted by molar-refractivity contribution is 7.99. The van der Waals surface area contributed by atoms with Crippen LogP contribution in [0.3, 0.4) is 0 Å². The maximum Gasteiger partial charge on any atom is 0.242 e. The van der Waals surface area contributed by atoms with Gasteiger partial charge in [-0.1, -0.05) is 62.2 Å². The van der Waals surface area contributed by atoms with E-state index < -0.39 is 6.04 Å². The van der Waals surface area contributed by atoms with Crippen molar-refractivity contribution in [2.45, 2.75) is 45.5 Å². The van der Waals surface area contributed by atoms with Crippen molar-refractivity contribution in [3.05, 3.63) is 69.5 Å². The number of nitrogens with zero attached hydrogens (tertiary/aromatic N) is 1. The Kier molecular flexibility index (Phi) is 10.8. The Labute approximate surface area is 203 Å². The van der Waals surface area contributed by atoms with E-state index in [0.717, 1.165) is 5.56 Å². The van der Waals surface area contributed by atoms with Gasteiger partial charge in [0.1, 0.15) is 11.9 Å². The molecule has 2 amide bonds. The van der Waals surface area contributed by atoms with E-state index in [1.54, 1.807) is 35.2 Å². The molecule has 2 aromatic rings. The Morgan fingerprint density at radius 2 is 1.72 bits per heavy atom. The molecule has 0 radical (unpaired) electrons. The molecule has 0 aromatic heterocycles. The van der Waals surface area contributed by atoms with Crippen molar-refractivity contribution in [1.82, 2.24) is 10.2 Å². The van der Waals surface area contributed by atoms with Crippen molar-refractivity contribution in [2.24, 2.45) is 5.92 Å². The van der Waals surface area contributed by atoms with Crippen molar-refractivity contribution >= 4 is 46.8 Å². The van der Waals surface area contributed by atoms with E-state index in [9.17, 15) is 14.0 Å². The van der Waals surface area contributed by atoms with Crippen molar-refractivity contribution < 1.29 is 14.0 Å². The third kappa shape index (κ3) is 7.98. The van der Waals surface area contributed by atoms with E-state index >= 15 is 0 Å². The fraction of sp³-hybridized carbons (Fsp3) is 0.417. The molecule has 0 aliphatic rings. The SMILES string of the molecule is CC[C@H](C(=O)NCC(C)C)N(Cc1c(Cl)cccc1Cl)C(=O)CSCc1ccc(F)cc1. The Bertz CT molecular complexity index is 889. The smallest absolute Gasteiger partial charge is 0.242 e. The Hall–Kier alpha value is -1.76. The molecule has 4 nitrogen and oxygen atoms in total. The molecule has 0 spiro atoms. The predicted molar refractivity (Wildman–Crippen MR) is 132 cm³/mol. The second-order valence-corrected chi connectivity index (χ2v) is 9.70. The van der Waals surface area contributed by atoms with Gasteiger partial charge in [0, 0.05) is 34.5 Å². The normalized spacial score (nSPS) is 12.0. The zero-order valence-electron chi connectivity index (χ0n) is 18.5. The fourth-order valence-electron chi connectivity index (χ4n) is 3.12. The lowest BCUT2D eigenvalue weighted by molar-refractivity contribution is -0.139. The Morgan fingerprint density at radius 3 is 2.28 bits per heavy atom. The summed E-state index contributed by atoms with van der Waals surface area (Å²) in [5.74, 6) is 0.359. The molecular weight excluding hydrogens is 470 g/mol. The molecule has 2 aromatic carbocycles. The maximum atomic E-state index is 13.2. The zero-order valence-corrected chi connectivity index (χ0v) is 20.9. The molecule has 0 heterocycles. The number of carbonyl (C=O) groups is 2. The van der Waals surface area contributed by atoms with E-state index in [1.807, 2.05) is 20.8 Å². The first-order chi connectivity index (χ1) is 15.2. The molecule has 0 aliphatic carbocycles. The van der Waals surface area contributed by atoms with Gasteiger partial charge in [0.15, 0.2) is 0 Å². The summed E-state index contributed by atoms with van der Waals surface area (Å²) in [6, 6.07) is 10.7. The van der Waals surface area contributed by atoms with E-state index in [1.165, 1.54) is 23.9 Å². The van der Waals surface area contributed by atoms with Crippen LogP contribution in [0.1, 0.15) is 38.3 Å². The van der Waals surface area contributed by atoms with Crippen LogP contribution in [0.25, 0.3) is 0 Å². The number of nitrogens with one attached hydrogen (secondary N) is 1. The lowest BCUT2D eigenvalue weighted by atomic mass is 10.1. The van der Waals surface area contributed by atoms with Crippen LogP contribution in [-0.2, 0) is 21.9 Å². The summed E-state index contributed by atoms with van der Waals surface area (Å²) >= 11 is 14.1. The van der Waals surface area contributed by atoms with Gasteiger partial charge in [-0.3, -0.25) is 9.59 Å². The van der Waals surface area contributed by atoms with Gasteiger partial charge in [0.25, 0.3) is 0 Å². The number of carbonyl (C=O) groups excluding carboxylic acids is 2. The number of benzene rings is 2. The highest BCUT2D eigenvalue weighted by Crippen LogP contribution is 2.27. The van der Waals surface area contributed by atoms with Gasteiger partial charge < -0.3 is 10.2 Å². The van der Waals surface area contributed by atoms with Gasteiger partial charge in [-0.25, -0.2) is 4.39 Å². The van der Waals surface area contributed by atoms with Crippen LogP contribution in [0.5, 0.6) is 0 Å². The molecule has 0 aliphatic heterocycles. The number of hydrogen-bond acceptors (Lipinski definition) is 3. The monoisotopic (exact) mass is 498 g/mol. The number of rotatable bonds is 11. The van der Waals surface area contributed by atoms with Crippen molar-refractivity contribution in [3.63, 3.8) is 0 Å². The molecule has 0 unspecified atom stereocenters. The molecule has 32 heavy (non-hydrogen) atoms. The van der Waals surface area contributed by atoms with Gasteiger partial charge in [-0.15, -0.1) is 11.8 Å². The summed E-state index contributed by atoms with van der Waals surface area (Å²) in [7, 11) is 0. The third-order valence-electron chi connectivity index (χ3n) is 4.87. The van der Waals surface area contributed by atoms with Gasteiger partial charge in [0.2, 0.25) is 11.8 Å². The first kappa shape index (κ1) is 26.5. The van der Waals surface area contributed by atoms with Gasteiger partial charge in [0.05, 0.1) is 5.75 Å². The third-order valence-corrected chi connectivity index (χ3v) is 6.56. The minimum absolute atomic E-state index is 0.141. The molecule has 1 atom stereocenters. The summed E-state index contributed by atoms with van der Waals surface area (Å²) in [6.45, 7) is 6.57. The number of thioether (sulfide) groups is 1. The standard InChI is InChI=1S/C24H29Cl2FN2O2S/c1-4-22(24(31)28-12-16(2)3)29(13-19-20(25)6-5-7-21(19)26)23(30)15-32-14-17-8-10-18(27)11-9-17/h5-11,16,22H,4,12-15H2,1-3H3,(H,28,31)/t22-/m1/s1. The van der Waals surface area contributed by atoms with Gasteiger partial charge in [-0.05, 0) is 42.2 Å². The Balaban J connectivity index is 2.18. The summed E-state index contributed by atoms with van der Waals surface area (Å²) in [6.07, 6.45) is 0.459. The first-order valence-corrected chi connectivity index (χ1v) is 12.5. The largest absolute Gasteiger partial charge is 0.354 e. The number of hydrogen-bond donors (Lipinski definition) is 1. The molecule has 8 heteroatoms. The number of amides is 2. The van der Waals surface area contributed by atoms with Crippen LogP contribution in [0.2, 0.25) is 10.0 Å². The predicted octanol–water partition coefficient (Wildman–Crippen LogP) is 5.95. The molecule has 0 fully saturated rings. The highest BCUT2D eigenvalue weighted by Gasteiger charge is 2.29. The van der Waals surface area contributed by atoms with Crippen molar-refractivity contribution in [3.8, 4) is 0 Å². The molecule has 2 rings (SSSR count). The second-order valence-electron chi connectivity index (χ2n) is 7.90. The van der Waals surface area contributed by atoms with Gasteiger partial charge in [-0.2, -0.15) is 0 Å². The molecule has 0 saturated carbocycles. The van der Waals surface area contributed by atoms with Crippen LogP contribution < -0.4 is 5.32 Å². The second kappa shape index (κ2) is 13.1. The van der Waals surface area contributed by atoms with Crippen LogP contribution >= 0.6 is 35.0 Å². The van der Waals surface area contributed by atoms with Crippen LogP contribution in [0.15, 0.2) is 42.5 Å². The zero-order chi connectivity index (χ0) is 23.7. The van der Waals surface area contributed by atoms with Crippen LogP contribution in [0, 0.1) is 11.7 Å². The van der Waals surface area contributed by atoms with Gasteiger partial charge >= 0.3 is 0 Å². The number of halogens is 3. The molecule has 174 valence electrons. The minimum atomic E-state index is -0.639. The molecule has 1 N–H and O–H groups in total. The maximum absolute atomic E-state index is 13.2. The molecule has 0 saturated heterocycles. The highest BCUT2D eigenvalue weighted by atomic mass is 35.5. The lowest BCUT2D eigenvalue weighted by Crippen LogP contribution is -2.50. The van der Waals surface area contributed by atoms with Crippen LogP contribution in [0.4, 0.5) is 4.39 Å². The van der Waals surface area contributed by atoms with E-state index in [4.69, 9.17) is 23.2 Å². The summed E-state index contributed by atoms with van der Waals surface area (Å²) in [4.78, 5) is 27.7. The van der Waals surface area contributed by atoms with E-state index in [-0.39, 0.29) is 29.9 Å². The average molecular weight is 499 g/mol. The van der Waals surface area contributed by atoms with E-state index in [2.05, 4.69) is 5.32 Å². The van der Waals surface area contributed by atoms with Crippen molar-refractivity contribution in [1.29, 1.82) is 0 Å². The average Bonchev–Trinajstić information content (AvgIpc) is 2.75. The minimum Gasteiger partial charge on any atom is -0.354 e. The lowest BCUT2D eigenvalue weighted by Gasteiger charge is -2.31. The van der Waals surface area contributed by atoms with Crippen molar-refractivity contribution in [2.75, 3.05) is 12.3 Å². The Morgan fingerprint density at radius 1 is 1.09 bits per heavy atom. The summed E-state index contributed by atoms with van der Waals surface area (Å²) in [5.41, 5.74) is 1.54. The summed E-state index contributed by atoms with van der Waals surface area (Å²) in [5, 5.41) is 3.83. The summed E-state index contributed by atoms with van der Waals surface area (Å²) < 4.78 is 13.1. The molecular formula is C24H29Cl2FN2O2S. The van der Waals surface area contributed by atoms with E-state index in [0.29, 0.717) is 40.2 Å². The first-order valence-electron chi connectivity index (χ1n) is 10.5. The van der Waals surface area contributed by atoms with Crippen LogP contribution in [-0.4, -0.2) is 35.1 Å². The topological polar surface area (TPSA) is 49.4 Å². The quantitative estimate of drug-likeness (QED) is 0.416. The molecule has 0 bridgehead atoms. The fourth-order valence-corrected chi connectivity index (χ4v) is 4.50.